The first-order valence-corrected chi connectivity index (χ1v) is 8.00. The van der Waals surface area contributed by atoms with Crippen molar-refractivity contribution in [3.8, 4) is 5.75 Å². The van der Waals surface area contributed by atoms with Crippen LogP contribution in [0.25, 0.3) is 0 Å². The van der Waals surface area contributed by atoms with Crippen molar-refractivity contribution in [2.24, 2.45) is 17.8 Å². The predicted molar refractivity (Wildman–Crippen MR) is 78.9 cm³/mol. The number of aliphatic hydroxyl groups excluding tert-OH is 1. The standard InChI is InChI=1S/C18H24O2/c1-18(2)10-20-16-6-5-13(9-15(16)18)17(19)14-8-11-3-4-12(14)7-11/h5-6,9,11-12,14,17,19H,3-4,7-8,10H2,1-2H3. The number of ether oxygens (including phenoxy) is 1. The van der Waals surface area contributed by atoms with Crippen molar-refractivity contribution in [2.75, 3.05) is 6.61 Å². The van der Waals surface area contributed by atoms with E-state index in [2.05, 4.69) is 32.0 Å². The van der Waals surface area contributed by atoms with E-state index in [1.54, 1.807) is 0 Å². The lowest BCUT2D eigenvalue weighted by Crippen LogP contribution is -2.21. The normalized spacial score (nSPS) is 34.9. The van der Waals surface area contributed by atoms with Crippen LogP contribution in [0.3, 0.4) is 0 Å². The molecule has 2 saturated carbocycles. The molecule has 1 aromatic rings. The van der Waals surface area contributed by atoms with Gasteiger partial charge >= 0.3 is 0 Å². The third-order valence-electron chi connectivity index (χ3n) is 5.86. The number of aliphatic hydroxyl groups is 1. The van der Waals surface area contributed by atoms with Gasteiger partial charge in [0.15, 0.2) is 0 Å². The van der Waals surface area contributed by atoms with Crippen LogP contribution in [0.5, 0.6) is 5.75 Å². The van der Waals surface area contributed by atoms with E-state index in [1.165, 1.54) is 31.2 Å². The van der Waals surface area contributed by atoms with Gasteiger partial charge in [0.25, 0.3) is 0 Å². The lowest BCUT2D eigenvalue weighted by molar-refractivity contribution is 0.0744. The van der Waals surface area contributed by atoms with Crippen LogP contribution in [0, 0.1) is 17.8 Å². The van der Waals surface area contributed by atoms with Gasteiger partial charge in [0.05, 0.1) is 12.7 Å². The largest absolute Gasteiger partial charge is 0.492 e. The van der Waals surface area contributed by atoms with Crippen molar-refractivity contribution in [2.45, 2.75) is 51.0 Å². The van der Waals surface area contributed by atoms with Crippen molar-refractivity contribution in [3.05, 3.63) is 29.3 Å². The van der Waals surface area contributed by atoms with Gasteiger partial charge in [-0.15, -0.1) is 0 Å². The molecule has 1 N–H and O–H groups in total. The first-order chi connectivity index (χ1) is 9.54. The maximum absolute atomic E-state index is 10.8. The van der Waals surface area contributed by atoms with Crippen LogP contribution >= 0.6 is 0 Å². The molecule has 0 radical (unpaired) electrons. The van der Waals surface area contributed by atoms with Crippen molar-refractivity contribution in [3.63, 3.8) is 0 Å². The summed E-state index contributed by atoms with van der Waals surface area (Å²) in [6.45, 7) is 5.18. The van der Waals surface area contributed by atoms with Crippen LogP contribution in [-0.4, -0.2) is 11.7 Å². The average Bonchev–Trinajstić information content (AvgIpc) is 3.13. The maximum atomic E-state index is 10.8. The smallest absolute Gasteiger partial charge is 0.123 e. The minimum Gasteiger partial charge on any atom is -0.492 e. The molecule has 1 aromatic carbocycles. The summed E-state index contributed by atoms with van der Waals surface area (Å²) in [4.78, 5) is 0. The molecule has 4 atom stereocenters. The topological polar surface area (TPSA) is 29.5 Å². The molecule has 2 bridgehead atoms. The number of benzene rings is 1. The Morgan fingerprint density at radius 3 is 2.80 bits per heavy atom. The average molecular weight is 272 g/mol. The van der Waals surface area contributed by atoms with Gasteiger partial charge in [0, 0.05) is 11.0 Å². The number of fused-ring (bicyclic) bond motifs is 3. The minimum atomic E-state index is -0.285. The number of hydrogen-bond donors (Lipinski definition) is 1. The molecule has 1 heterocycles. The summed E-state index contributed by atoms with van der Waals surface area (Å²) in [6.07, 6.45) is 5.00. The summed E-state index contributed by atoms with van der Waals surface area (Å²) in [5.74, 6) is 3.12. The molecule has 4 rings (SSSR count). The first kappa shape index (κ1) is 12.7. The van der Waals surface area contributed by atoms with E-state index in [4.69, 9.17) is 4.74 Å². The van der Waals surface area contributed by atoms with Crippen molar-refractivity contribution < 1.29 is 9.84 Å². The monoisotopic (exact) mass is 272 g/mol. The lowest BCUT2D eigenvalue weighted by atomic mass is 9.80. The Balaban J connectivity index is 1.63. The fraction of sp³-hybridized carbons (Fsp3) is 0.667. The van der Waals surface area contributed by atoms with Crippen LogP contribution in [0.4, 0.5) is 0 Å². The zero-order chi connectivity index (χ0) is 13.9. The van der Waals surface area contributed by atoms with E-state index in [0.717, 1.165) is 29.8 Å². The Bertz CT molecular complexity index is 534. The van der Waals surface area contributed by atoms with Crippen molar-refractivity contribution in [1.29, 1.82) is 0 Å². The highest BCUT2D eigenvalue weighted by Gasteiger charge is 2.43. The van der Waals surface area contributed by atoms with E-state index < -0.39 is 0 Å². The Labute approximate surface area is 121 Å². The molecule has 3 aliphatic rings. The molecular weight excluding hydrogens is 248 g/mol. The molecule has 2 fully saturated rings. The van der Waals surface area contributed by atoms with E-state index in [9.17, 15) is 5.11 Å². The van der Waals surface area contributed by atoms with Gasteiger partial charge in [-0.1, -0.05) is 26.3 Å². The van der Waals surface area contributed by atoms with Gasteiger partial charge < -0.3 is 9.84 Å². The number of hydrogen-bond acceptors (Lipinski definition) is 2. The Hall–Kier alpha value is -1.02. The summed E-state index contributed by atoms with van der Waals surface area (Å²) in [5, 5.41) is 10.8. The Morgan fingerprint density at radius 2 is 2.10 bits per heavy atom. The van der Waals surface area contributed by atoms with Crippen LogP contribution in [0.1, 0.15) is 56.8 Å². The van der Waals surface area contributed by atoms with Gasteiger partial charge in [-0.25, -0.2) is 0 Å². The molecule has 2 nitrogen and oxygen atoms in total. The molecule has 1 aliphatic heterocycles. The van der Waals surface area contributed by atoms with Crippen LogP contribution in [-0.2, 0) is 5.41 Å². The van der Waals surface area contributed by atoms with Gasteiger partial charge in [0.1, 0.15) is 5.75 Å². The minimum absolute atomic E-state index is 0.0692. The van der Waals surface area contributed by atoms with Crippen LogP contribution < -0.4 is 4.74 Å². The highest BCUT2D eigenvalue weighted by molar-refractivity contribution is 5.45. The molecule has 0 amide bonds. The third-order valence-corrected chi connectivity index (χ3v) is 5.86. The molecule has 2 aliphatic carbocycles. The van der Waals surface area contributed by atoms with Crippen LogP contribution in [0.2, 0.25) is 0 Å². The highest BCUT2D eigenvalue weighted by Crippen LogP contribution is 2.53. The van der Waals surface area contributed by atoms with Gasteiger partial charge in [0.2, 0.25) is 0 Å². The van der Waals surface area contributed by atoms with E-state index in [1.807, 2.05) is 0 Å². The molecular formula is C18H24O2. The van der Waals surface area contributed by atoms with Crippen LogP contribution in [0.15, 0.2) is 18.2 Å². The quantitative estimate of drug-likeness (QED) is 0.886. The number of rotatable bonds is 2. The van der Waals surface area contributed by atoms with E-state index in [-0.39, 0.29) is 11.5 Å². The fourth-order valence-electron chi connectivity index (χ4n) is 4.65. The van der Waals surface area contributed by atoms with Gasteiger partial charge in [-0.05, 0) is 54.7 Å². The second kappa shape index (κ2) is 4.24. The Morgan fingerprint density at radius 1 is 1.25 bits per heavy atom. The van der Waals surface area contributed by atoms with Gasteiger partial charge in [-0.3, -0.25) is 0 Å². The van der Waals surface area contributed by atoms with Gasteiger partial charge in [-0.2, -0.15) is 0 Å². The maximum Gasteiger partial charge on any atom is 0.123 e. The summed E-state index contributed by atoms with van der Waals surface area (Å²) in [6, 6.07) is 6.31. The van der Waals surface area contributed by atoms with Crippen molar-refractivity contribution >= 4 is 0 Å². The predicted octanol–water partition coefficient (Wildman–Crippen LogP) is 3.83. The second-order valence-corrected chi connectivity index (χ2v) is 7.71. The fourth-order valence-corrected chi connectivity index (χ4v) is 4.65. The zero-order valence-electron chi connectivity index (χ0n) is 12.4. The summed E-state index contributed by atoms with van der Waals surface area (Å²) in [7, 11) is 0. The Kier molecular flexibility index (Phi) is 2.69. The molecule has 4 unspecified atom stereocenters. The molecule has 108 valence electrons. The molecule has 0 saturated heterocycles. The molecule has 2 heteroatoms. The summed E-state index contributed by atoms with van der Waals surface area (Å²) < 4.78 is 5.74. The summed E-state index contributed by atoms with van der Waals surface area (Å²) in [5.41, 5.74) is 2.43. The molecule has 0 spiro atoms. The van der Waals surface area contributed by atoms with E-state index in [0.29, 0.717) is 5.92 Å². The molecule has 20 heavy (non-hydrogen) atoms. The second-order valence-electron chi connectivity index (χ2n) is 7.71. The van der Waals surface area contributed by atoms with E-state index >= 15 is 0 Å². The first-order valence-electron chi connectivity index (χ1n) is 8.00. The summed E-state index contributed by atoms with van der Waals surface area (Å²) >= 11 is 0. The lowest BCUT2D eigenvalue weighted by Gasteiger charge is -2.27. The SMILES string of the molecule is CC1(C)COc2ccc(C(O)C3CC4CCC3C4)cc21. The third kappa shape index (κ3) is 1.81. The highest BCUT2D eigenvalue weighted by atomic mass is 16.5. The zero-order valence-corrected chi connectivity index (χ0v) is 12.4. The molecule has 0 aromatic heterocycles. The van der Waals surface area contributed by atoms with Crippen molar-refractivity contribution in [1.82, 2.24) is 0 Å².